The minimum absolute atomic E-state index is 0.161. The Morgan fingerprint density at radius 1 is 0.738 bits per heavy atom. The number of hydrogen-bond donors (Lipinski definition) is 0. The summed E-state index contributed by atoms with van der Waals surface area (Å²) in [6.07, 6.45) is 16.9. The molecule has 0 aromatic carbocycles. The summed E-state index contributed by atoms with van der Waals surface area (Å²) in [6, 6.07) is 0. The van der Waals surface area contributed by atoms with Crippen LogP contribution in [0.4, 0.5) is 0 Å². The van der Waals surface area contributed by atoms with Gasteiger partial charge in [0.05, 0.1) is 0 Å². The van der Waals surface area contributed by atoms with Crippen LogP contribution in [0.25, 0.3) is 0 Å². The van der Waals surface area contributed by atoms with E-state index in [9.17, 15) is 4.79 Å². The first-order chi connectivity index (χ1) is 19.6. The molecule has 13 atom stereocenters. The minimum Gasteiger partial charge on any atom is -0.457 e. The van der Waals surface area contributed by atoms with Crippen LogP contribution in [0.1, 0.15) is 146 Å². The Morgan fingerprint density at radius 3 is 2.12 bits per heavy atom. The Bertz CT molecular complexity index is 1100. The first-order valence-corrected chi connectivity index (χ1v) is 18.1. The summed E-state index contributed by atoms with van der Waals surface area (Å²) < 4.78 is 17.8. The number of ether oxygens (including phenoxy) is 3. The lowest BCUT2D eigenvalue weighted by atomic mass is 9.32. The Kier molecular flexibility index (Phi) is 6.77. The maximum absolute atomic E-state index is 12.5. The van der Waals surface area contributed by atoms with Gasteiger partial charge in [-0.05, 0) is 153 Å². The van der Waals surface area contributed by atoms with Crippen molar-refractivity contribution >= 4 is 5.97 Å². The summed E-state index contributed by atoms with van der Waals surface area (Å²) >= 11 is 0. The molecule has 7 rings (SSSR count). The molecule has 0 radical (unpaired) electrons. The molecule has 2 heterocycles. The van der Waals surface area contributed by atoms with Crippen LogP contribution in [-0.2, 0) is 19.0 Å². The molecular formula is C38H62O4. The SMILES string of the molecule is C[C@H](CC[C@H]1OC(=O)[C@@H]2OC(C)(C)O[C@H]12)[C@H]1CC[C@]2(C)[C@H]3CC[C@@H]4[C@@]5(C)CCCC(C)(C)[C@@H]5CC[C@@]4(C)[C@]3(C)CC[C@@H]12. The van der Waals surface area contributed by atoms with Crippen LogP contribution >= 0.6 is 0 Å². The van der Waals surface area contributed by atoms with Crippen molar-refractivity contribution in [3.8, 4) is 0 Å². The van der Waals surface area contributed by atoms with Crippen LogP contribution in [0.3, 0.4) is 0 Å². The molecule has 4 nitrogen and oxygen atoms in total. The number of rotatable bonds is 4. The molecule has 5 aliphatic carbocycles. The summed E-state index contributed by atoms with van der Waals surface area (Å²) in [5.74, 6) is 4.03. The number of carbonyl (C=O) groups is 1. The van der Waals surface area contributed by atoms with E-state index in [1.54, 1.807) is 0 Å². The number of esters is 1. The number of fused-ring (bicyclic) bond motifs is 8. The number of cyclic esters (lactones) is 1. The first-order valence-electron chi connectivity index (χ1n) is 18.1. The molecule has 0 bridgehead atoms. The van der Waals surface area contributed by atoms with Crippen LogP contribution < -0.4 is 0 Å². The van der Waals surface area contributed by atoms with Crippen LogP contribution in [0.5, 0.6) is 0 Å². The molecule has 5 saturated carbocycles. The zero-order chi connectivity index (χ0) is 30.1. The second kappa shape index (κ2) is 9.46. The summed E-state index contributed by atoms with van der Waals surface area (Å²) in [4.78, 5) is 12.5. The van der Waals surface area contributed by atoms with Gasteiger partial charge in [0.1, 0.15) is 12.2 Å². The lowest BCUT2D eigenvalue weighted by molar-refractivity contribution is -0.241. The summed E-state index contributed by atoms with van der Waals surface area (Å²) in [6.45, 7) is 22.6. The van der Waals surface area contributed by atoms with Gasteiger partial charge in [-0.2, -0.15) is 0 Å². The van der Waals surface area contributed by atoms with Crippen LogP contribution in [-0.4, -0.2) is 30.1 Å². The van der Waals surface area contributed by atoms with E-state index >= 15 is 0 Å². The lowest BCUT2D eigenvalue weighted by Crippen LogP contribution is -2.65. The van der Waals surface area contributed by atoms with Crippen molar-refractivity contribution in [1.29, 1.82) is 0 Å². The molecule has 2 aliphatic heterocycles. The summed E-state index contributed by atoms with van der Waals surface area (Å²) in [7, 11) is 0. The Morgan fingerprint density at radius 2 is 1.40 bits per heavy atom. The van der Waals surface area contributed by atoms with Gasteiger partial charge in [0, 0.05) is 0 Å². The monoisotopic (exact) mass is 582 g/mol. The minimum atomic E-state index is -0.694. The molecule has 2 saturated heterocycles. The second-order valence-corrected chi connectivity index (χ2v) is 18.9. The van der Waals surface area contributed by atoms with E-state index in [0.29, 0.717) is 33.0 Å². The van der Waals surface area contributed by atoms with Crippen molar-refractivity contribution in [2.24, 2.45) is 62.6 Å². The third-order valence-electron chi connectivity index (χ3n) is 16.4. The van der Waals surface area contributed by atoms with Gasteiger partial charge < -0.3 is 14.2 Å². The average molecular weight is 583 g/mol. The fourth-order valence-corrected chi connectivity index (χ4v) is 14.4. The molecule has 42 heavy (non-hydrogen) atoms. The van der Waals surface area contributed by atoms with Gasteiger partial charge in [-0.25, -0.2) is 4.79 Å². The van der Waals surface area contributed by atoms with E-state index < -0.39 is 11.9 Å². The predicted molar refractivity (Wildman–Crippen MR) is 167 cm³/mol. The normalized spacial score (nSPS) is 54.6. The topological polar surface area (TPSA) is 44.8 Å². The Labute approximate surface area is 257 Å². The van der Waals surface area contributed by atoms with Crippen LogP contribution in [0.2, 0.25) is 0 Å². The van der Waals surface area contributed by atoms with Crippen LogP contribution in [0, 0.1) is 62.6 Å². The standard InChI is InChI=1S/C38H62O4/c1-23(11-12-26-30-31(32(39)40-26)42-34(4,5)41-30)24-15-20-35(6)25(24)16-21-37(8)28(35)13-14-29-36(7)19-10-18-33(2,3)27(36)17-22-38(29,37)9/h23-31H,10-22H2,1-9H3/t23-,24-,25+,26-,27+,28-,29-,30-,31-,35+,36+,37-,38-/m1/s1. The molecule has 4 heteroatoms. The van der Waals surface area contributed by atoms with E-state index in [-0.39, 0.29) is 18.2 Å². The highest BCUT2D eigenvalue weighted by molar-refractivity contribution is 5.78. The smallest absolute Gasteiger partial charge is 0.338 e. The fourth-order valence-electron chi connectivity index (χ4n) is 14.4. The highest BCUT2D eigenvalue weighted by Gasteiger charge is 2.70. The Hall–Kier alpha value is -0.610. The van der Waals surface area contributed by atoms with E-state index in [1.165, 1.54) is 70.6 Å². The third-order valence-corrected chi connectivity index (χ3v) is 16.4. The van der Waals surface area contributed by atoms with Crippen molar-refractivity contribution in [3.05, 3.63) is 0 Å². The van der Waals surface area contributed by atoms with Crippen molar-refractivity contribution < 1.29 is 19.0 Å². The van der Waals surface area contributed by atoms with Crippen molar-refractivity contribution in [2.75, 3.05) is 0 Å². The molecule has 7 aliphatic rings. The third kappa shape index (κ3) is 4.01. The molecule has 238 valence electrons. The van der Waals surface area contributed by atoms with E-state index in [1.807, 2.05) is 13.8 Å². The molecule has 0 N–H and O–H groups in total. The number of carbonyl (C=O) groups excluding carboxylic acids is 1. The van der Waals surface area contributed by atoms with Crippen LogP contribution in [0.15, 0.2) is 0 Å². The van der Waals surface area contributed by atoms with Crippen molar-refractivity contribution in [1.82, 2.24) is 0 Å². The first kappa shape index (κ1) is 30.1. The zero-order valence-corrected chi connectivity index (χ0v) is 28.5. The molecule has 7 fully saturated rings. The second-order valence-electron chi connectivity index (χ2n) is 18.9. The van der Waals surface area contributed by atoms with Gasteiger partial charge in [-0.15, -0.1) is 0 Å². The molecule has 0 aromatic heterocycles. The highest BCUT2D eigenvalue weighted by atomic mass is 16.8. The predicted octanol–water partition coefficient (Wildman–Crippen LogP) is 9.34. The zero-order valence-electron chi connectivity index (χ0n) is 28.5. The molecular weight excluding hydrogens is 520 g/mol. The van der Waals surface area contributed by atoms with E-state index in [2.05, 4.69) is 48.5 Å². The molecule has 0 aromatic rings. The maximum Gasteiger partial charge on any atom is 0.338 e. The van der Waals surface area contributed by atoms with Gasteiger partial charge in [0.15, 0.2) is 11.9 Å². The largest absolute Gasteiger partial charge is 0.457 e. The maximum atomic E-state index is 12.5. The summed E-state index contributed by atoms with van der Waals surface area (Å²) in [5, 5.41) is 0. The quantitative estimate of drug-likeness (QED) is 0.310. The highest BCUT2D eigenvalue weighted by Crippen LogP contribution is 2.78. The van der Waals surface area contributed by atoms with Gasteiger partial charge in [0.2, 0.25) is 0 Å². The van der Waals surface area contributed by atoms with Crippen molar-refractivity contribution in [2.45, 2.75) is 170 Å². The fraction of sp³-hybridized carbons (Fsp3) is 0.974. The van der Waals surface area contributed by atoms with Gasteiger partial charge in [0.25, 0.3) is 0 Å². The van der Waals surface area contributed by atoms with Gasteiger partial charge in [-0.3, -0.25) is 0 Å². The molecule has 0 spiro atoms. The lowest BCUT2D eigenvalue weighted by Gasteiger charge is -2.73. The Balaban J connectivity index is 1.07. The number of hydrogen-bond acceptors (Lipinski definition) is 4. The average Bonchev–Trinajstić information content (AvgIpc) is 3.51. The van der Waals surface area contributed by atoms with Gasteiger partial charge >= 0.3 is 5.97 Å². The van der Waals surface area contributed by atoms with E-state index in [4.69, 9.17) is 14.2 Å². The van der Waals surface area contributed by atoms with Crippen molar-refractivity contribution in [3.63, 3.8) is 0 Å². The molecule has 0 unspecified atom stereocenters. The molecule has 0 amide bonds. The summed E-state index contributed by atoms with van der Waals surface area (Å²) in [5.41, 5.74) is 2.45. The van der Waals surface area contributed by atoms with Gasteiger partial charge in [-0.1, -0.05) is 54.9 Å². The van der Waals surface area contributed by atoms with E-state index in [0.717, 1.165) is 42.4 Å².